The SMILES string of the molecule is Cc1cccc(N=Cc2ccccc2O)n1.[Cu]. The minimum Gasteiger partial charge on any atom is -0.507 e. The number of para-hydroxylation sites is 1. The van der Waals surface area contributed by atoms with Crippen LogP contribution in [0.1, 0.15) is 11.3 Å². The first-order valence-corrected chi connectivity index (χ1v) is 5.01. The number of pyridine rings is 1. The summed E-state index contributed by atoms with van der Waals surface area (Å²) in [4.78, 5) is 8.44. The molecule has 17 heavy (non-hydrogen) atoms. The molecule has 0 aliphatic carbocycles. The molecule has 3 nitrogen and oxygen atoms in total. The largest absolute Gasteiger partial charge is 0.507 e. The van der Waals surface area contributed by atoms with Gasteiger partial charge in [-0.05, 0) is 31.2 Å². The van der Waals surface area contributed by atoms with Gasteiger partial charge in [-0.1, -0.05) is 18.2 Å². The van der Waals surface area contributed by atoms with Crippen molar-refractivity contribution in [3.8, 4) is 5.75 Å². The predicted octanol–water partition coefficient (Wildman–Crippen LogP) is 2.84. The molecule has 4 heteroatoms. The van der Waals surface area contributed by atoms with Gasteiger partial charge in [0, 0.05) is 34.5 Å². The van der Waals surface area contributed by atoms with Crippen LogP contribution >= 0.6 is 0 Å². The number of nitrogens with zero attached hydrogens (tertiary/aromatic N) is 2. The van der Waals surface area contributed by atoms with E-state index in [1.54, 1.807) is 24.4 Å². The van der Waals surface area contributed by atoms with Gasteiger partial charge >= 0.3 is 0 Å². The molecule has 0 saturated heterocycles. The molecule has 2 rings (SSSR count). The summed E-state index contributed by atoms with van der Waals surface area (Å²) < 4.78 is 0. The van der Waals surface area contributed by atoms with Crippen molar-refractivity contribution in [1.82, 2.24) is 4.98 Å². The van der Waals surface area contributed by atoms with Crippen LogP contribution in [0.4, 0.5) is 5.82 Å². The molecule has 1 radical (unpaired) electrons. The van der Waals surface area contributed by atoms with Crippen molar-refractivity contribution in [3.63, 3.8) is 0 Å². The molecule has 2 aromatic rings. The van der Waals surface area contributed by atoms with Crippen LogP contribution in [-0.4, -0.2) is 16.3 Å². The maximum atomic E-state index is 9.53. The van der Waals surface area contributed by atoms with E-state index in [4.69, 9.17) is 0 Å². The van der Waals surface area contributed by atoms with Crippen molar-refractivity contribution in [2.45, 2.75) is 6.92 Å². The summed E-state index contributed by atoms with van der Waals surface area (Å²) in [7, 11) is 0. The molecule has 0 aliphatic heterocycles. The number of aliphatic imine (C=N–C) groups is 1. The van der Waals surface area contributed by atoms with Crippen molar-refractivity contribution < 1.29 is 22.2 Å². The first-order chi connectivity index (χ1) is 7.75. The van der Waals surface area contributed by atoms with E-state index in [1.807, 2.05) is 31.2 Å². The van der Waals surface area contributed by atoms with E-state index in [0.29, 0.717) is 11.4 Å². The summed E-state index contributed by atoms with van der Waals surface area (Å²) in [6, 6.07) is 12.7. The van der Waals surface area contributed by atoms with Gasteiger partial charge in [0.15, 0.2) is 5.82 Å². The number of hydrogen-bond donors (Lipinski definition) is 1. The second kappa shape index (κ2) is 6.18. The Morgan fingerprint density at radius 1 is 1.12 bits per heavy atom. The Morgan fingerprint density at radius 3 is 2.59 bits per heavy atom. The molecule has 0 atom stereocenters. The molecule has 1 heterocycles. The number of aromatic nitrogens is 1. The fourth-order valence-corrected chi connectivity index (χ4v) is 1.33. The Kier molecular flexibility index (Phi) is 4.88. The summed E-state index contributed by atoms with van der Waals surface area (Å²) in [5, 5.41) is 9.53. The Bertz CT molecular complexity index is 526. The third kappa shape index (κ3) is 3.70. The van der Waals surface area contributed by atoms with Crippen LogP contribution in [0.3, 0.4) is 0 Å². The van der Waals surface area contributed by atoms with Crippen LogP contribution in [0.15, 0.2) is 47.5 Å². The number of hydrogen-bond acceptors (Lipinski definition) is 3. The van der Waals surface area contributed by atoms with E-state index in [1.165, 1.54) is 0 Å². The first-order valence-electron chi connectivity index (χ1n) is 5.01. The van der Waals surface area contributed by atoms with Crippen molar-refractivity contribution in [2.24, 2.45) is 4.99 Å². The third-order valence-electron chi connectivity index (χ3n) is 2.15. The number of benzene rings is 1. The number of aromatic hydroxyl groups is 1. The average Bonchev–Trinajstić information content (AvgIpc) is 2.28. The standard InChI is InChI=1S/C13H12N2O.Cu/c1-10-5-4-8-13(15-10)14-9-11-6-2-3-7-12(11)16;/h2-9,16H,1H3;. The quantitative estimate of drug-likeness (QED) is 0.677. The smallest absolute Gasteiger partial charge is 0.152 e. The van der Waals surface area contributed by atoms with Gasteiger partial charge in [0.2, 0.25) is 0 Å². The maximum Gasteiger partial charge on any atom is 0.152 e. The fraction of sp³-hybridized carbons (Fsp3) is 0.0769. The van der Waals surface area contributed by atoms with Crippen LogP contribution in [0, 0.1) is 6.92 Å². The maximum absolute atomic E-state index is 9.53. The molecule has 0 amide bonds. The molecular formula is C13H12CuN2O. The molecule has 0 bridgehead atoms. The van der Waals surface area contributed by atoms with E-state index in [0.717, 1.165) is 5.69 Å². The van der Waals surface area contributed by atoms with Crippen molar-refractivity contribution >= 4 is 12.0 Å². The Morgan fingerprint density at radius 2 is 1.88 bits per heavy atom. The van der Waals surface area contributed by atoms with E-state index in [-0.39, 0.29) is 22.8 Å². The second-order valence-corrected chi connectivity index (χ2v) is 3.45. The first kappa shape index (κ1) is 13.4. The molecule has 0 fully saturated rings. The Balaban J connectivity index is 0.00000144. The second-order valence-electron chi connectivity index (χ2n) is 3.45. The van der Waals surface area contributed by atoms with Crippen molar-refractivity contribution in [3.05, 3.63) is 53.7 Å². The van der Waals surface area contributed by atoms with E-state index >= 15 is 0 Å². The van der Waals surface area contributed by atoms with Crippen LogP contribution in [0.25, 0.3) is 0 Å². The molecule has 0 aliphatic rings. The van der Waals surface area contributed by atoms with Gasteiger partial charge in [0.1, 0.15) is 5.75 Å². The van der Waals surface area contributed by atoms with E-state index in [9.17, 15) is 5.11 Å². The van der Waals surface area contributed by atoms with Crippen molar-refractivity contribution in [1.29, 1.82) is 0 Å². The Labute approximate surface area is 111 Å². The molecule has 0 unspecified atom stereocenters. The van der Waals surface area contributed by atoms with E-state index in [2.05, 4.69) is 9.98 Å². The molecule has 91 valence electrons. The summed E-state index contributed by atoms with van der Waals surface area (Å²) >= 11 is 0. The summed E-state index contributed by atoms with van der Waals surface area (Å²) in [5.74, 6) is 0.863. The number of rotatable bonds is 2. The minimum absolute atomic E-state index is 0. The predicted molar refractivity (Wildman–Crippen MR) is 64.3 cm³/mol. The van der Waals surface area contributed by atoms with Crippen LogP contribution in [-0.2, 0) is 17.1 Å². The molecule has 0 saturated carbocycles. The number of aryl methyl sites for hydroxylation is 1. The van der Waals surface area contributed by atoms with Gasteiger partial charge in [-0.2, -0.15) is 0 Å². The monoisotopic (exact) mass is 275 g/mol. The van der Waals surface area contributed by atoms with Gasteiger partial charge in [-0.3, -0.25) is 0 Å². The molecule has 0 spiro atoms. The number of phenols is 1. The van der Waals surface area contributed by atoms with Crippen molar-refractivity contribution in [2.75, 3.05) is 0 Å². The van der Waals surface area contributed by atoms with Gasteiger partial charge in [0.05, 0.1) is 0 Å². The van der Waals surface area contributed by atoms with E-state index < -0.39 is 0 Å². The molecule has 1 aromatic carbocycles. The fourth-order valence-electron chi connectivity index (χ4n) is 1.33. The topological polar surface area (TPSA) is 45.5 Å². The molecule has 1 aromatic heterocycles. The Hall–Kier alpha value is -1.64. The van der Waals surface area contributed by atoms with Crippen LogP contribution in [0.2, 0.25) is 0 Å². The molecule has 1 N–H and O–H groups in total. The molecular weight excluding hydrogens is 264 g/mol. The summed E-state index contributed by atoms with van der Waals surface area (Å²) in [5.41, 5.74) is 1.61. The average molecular weight is 276 g/mol. The summed E-state index contributed by atoms with van der Waals surface area (Å²) in [6.45, 7) is 1.92. The van der Waals surface area contributed by atoms with Gasteiger partial charge < -0.3 is 5.11 Å². The van der Waals surface area contributed by atoms with Crippen LogP contribution in [0.5, 0.6) is 5.75 Å². The zero-order valence-electron chi connectivity index (χ0n) is 9.26. The number of phenolic OH excluding ortho intramolecular Hbond substituents is 1. The van der Waals surface area contributed by atoms with Gasteiger partial charge in [0.25, 0.3) is 0 Å². The summed E-state index contributed by atoms with van der Waals surface area (Å²) in [6.07, 6.45) is 1.61. The normalized spacial score (nSPS) is 10.2. The van der Waals surface area contributed by atoms with Gasteiger partial charge in [-0.15, -0.1) is 0 Å². The van der Waals surface area contributed by atoms with Crippen LogP contribution < -0.4 is 0 Å². The zero-order valence-corrected chi connectivity index (χ0v) is 10.2. The van der Waals surface area contributed by atoms with Gasteiger partial charge in [-0.25, -0.2) is 9.98 Å². The third-order valence-corrected chi connectivity index (χ3v) is 2.15. The zero-order chi connectivity index (χ0) is 11.4. The minimum atomic E-state index is 0.